The Kier molecular flexibility index (Phi) is 5.57. The van der Waals surface area contributed by atoms with Gasteiger partial charge in [-0.05, 0) is 35.7 Å². The van der Waals surface area contributed by atoms with E-state index in [2.05, 4.69) is 9.88 Å². The maximum Gasteiger partial charge on any atom is 0.267 e. The van der Waals surface area contributed by atoms with Crippen molar-refractivity contribution in [1.82, 2.24) is 14.9 Å². The first-order valence-corrected chi connectivity index (χ1v) is 8.69. The molecule has 0 aliphatic carbocycles. The first kappa shape index (κ1) is 19.7. The average molecular weight is 388 g/mol. The van der Waals surface area contributed by atoms with Gasteiger partial charge in [0.2, 0.25) is 0 Å². The summed E-state index contributed by atoms with van der Waals surface area (Å²) in [6.45, 7) is 1.56. The van der Waals surface area contributed by atoms with Gasteiger partial charge in [-0.1, -0.05) is 0 Å². The summed E-state index contributed by atoms with van der Waals surface area (Å²) >= 11 is 0. The SMILES string of the molecule is CN(N)/C(=C\N)CN1CCc2c(-c3ccc(F)cc3F)cc(C(N)=O)nc2C1. The second-order valence-corrected chi connectivity index (χ2v) is 6.70. The van der Waals surface area contributed by atoms with Crippen molar-refractivity contribution in [2.75, 3.05) is 20.1 Å². The number of fused-ring (bicyclic) bond motifs is 1. The Balaban J connectivity index is 2.03. The van der Waals surface area contributed by atoms with Crippen molar-refractivity contribution in [3.05, 3.63) is 64.7 Å². The Hall–Kier alpha value is -3.04. The highest BCUT2D eigenvalue weighted by Gasteiger charge is 2.25. The molecule has 9 heteroatoms. The molecule has 0 bridgehead atoms. The summed E-state index contributed by atoms with van der Waals surface area (Å²) in [5, 5.41) is 1.43. The van der Waals surface area contributed by atoms with Gasteiger partial charge in [0.1, 0.15) is 17.3 Å². The minimum atomic E-state index is -0.715. The zero-order chi connectivity index (χ0) is 20.4. The van der Waals surface area contributed by atoms with E-state index >= 15 is 0 Å². The third-order valence-electron chi connectivity index (χ3n) is 4.77. The Bertz CT molecular complexity index is 944. The molecular formula is C19H22F2N6O. The number of aromatic nitrogens is 1. The van der Waals surface area contributed by atoms with E-state index in [0.29, 0.717) is 37.3 Å². The lowest BCUT2D eigenvalue weighted by Crippen LogP contribution is -2.38. The van der Waals surface area contributed by atoms with Crippen molar-refractivity contribution in [3.8, 4) is 11.1 Å². The number of nitrogens with two attached hydrogens (primary N) is 3. The van der Waals surface area contributed by atoms with Crippen LogP contribution in [-0.4, -0.2) is 40.9 Å². The van der Waals surface area contributed by atoms with E-state index in [1.165, 1.54) is 29.4 Å². The summed E-state index contributed by atoms with van der Waals surface area (Å²) in [4.78, 5) is 18.2. The number of carbonyl (C=O) groups excluding carboxylic acids is 1. The summed E-state index contributed by atoms with van der Waals surface area (Å²) in [5.41, 5.74) is 13.9. The fraction of sp³-hybridized carbons (Fsp3) is 0.263. The van der Waals surface area contributed by atoms with E-state index in [-0.39, 0.29) is 11.3 Å². The topological polar surface area (TPSA) is 115 Å². The number of hydrogen-bond donors (Lipinski definition) is 3. The first-order valence-electron chi connectivity index (χ1n) is 8.69. The molecule has 0 unspecified atom stereocenters. The van der Waals surface area contributed by atoms with Crippen LogP contribution in [0.4, 0.5) is 8.78 Å². The van der Waals surface area contributed by atoms with Gasteiger partial charge < -0.3 is 16.5 Å². The van der Waals surface area contributed by atoms with Gasteiger partial charge in [0, 0.05) is 44.5 Å². The third kappa shape index (κ3) is 3.95. The molecule has 0 saturated heterocycles. The molecule has 0 atom stereocenters. The first-order chi connectivity index (χ1) is 13.3. The quantitative estimate of drug-likeness (QED) is 0.522. The summed E-state index contributed by atoms with van der Waals surface area (Å²) < 4.78 is 27.7. The Morgan fingerprint density at radius 3 is 2.68 bits per heavy atom. The number of rotatable bonds is 5. The second-order valence-electron chi connectivity index (χ2n) is 6.70. The van der Waals surface area contributed by atoms with Crippen LogP contribution in [0.5, 0.6) is 0 Å². The van der Waals surface area contributed by atoms with Crippen LogP contribution in [0.25, 0.3) is 11.1 Å². The Labute approximate surface area is 161 Å². The molecule has 2 aromatic rings. The molecule has 0 radical (unpaired) electrons. The number of likely N-dealkylation sites (N-methyl/N-ethyl adjacent to an activating group) is 1. The molecule has 0 saturated carbocycles. The minimum Gasteiger partial charge on any atom is -0.403 e. The van der Waals surface area contributed by atoms with Gasteiger partial charge in [-0.3, -0.25) is 9.69 Å². The van der Waals surface area contributed by atoms with Crippen LogP contribution in [0.3, 0.4) is 0 Å². The Morgan fingerprint density at radius 1 is 1.32 bits per heavy atom. The van der Waals surface area contributed by atoms with Gasteiger partial charge in [0.05, 0.1) is 11.4 Å². The number of hydrogen-bond acceptors (Lipinski definition) is 6. The van der Waals surface area contributed by atoms with E-state index < -0.39 is 17.5 Å². The van der Waals surface area contributed by atoms with Gasteiger partial charge in [-0.2, -0.15) is 0 Å². The summed E-state index contributed by atoms with van der Waals surface area (Å²) in [6, 6.07) is 4.82. The Morgan fingerprint density at radius 2 is 2.07 bits per heavy atom. The molecule has 2 heterocycles. The highest BCUT2D eigenvalue weighted by atomic mass is 19.1. The highest BCUT2D eigenvalue weighted by molar-refractivity contribution is 5.92. The standard InChI is InChI=1S/C19H22F2N6O/c1-26(24)12(8-22)9-27-5-4-14-15(13-3-2-11(20)6-16(13)21)7-17(19(23)28)25-18(14)10-27/h2-3,6-8H,4-5,9-10,22,24H2,1H3,(H2,23,28)/b12-8-. The van der Waals surface area contributed by atoms with E-state index in [0.717, 1.165) is 17.3 Å². The molecule has 1 aliphatic heterocycles. The fourth-order valence-electron chi connectivity index (χ4n) is 3.32. The number of amides is 1. The third-order valence-corrected chi connectivity index (χ3v) is 4.77. The monoisotopic (exact) mass is 388 g/mol. The van der Waals surface area contributed by atoms with Gasteiger partial charge in [-0.15, -0.1) is 0 Å². The minimum absolute atomic E-state index is 0.0323. The van der Waals surface area contributed by atoms with Crippen LogP contribution in [0.15, 0.2) is 36.2 Å². The lowest BCUT2D eigenvalue weighted by molar-refractivity contribution is 0.0995. The van der Waals surface area contributed by atoms with Gasteiger partial charge in [-0.25, -0.2) is 19.6 Å². The van der Waals surface area contributed by atoms with Crippen LogP contribution in [0, 0.1) is 11.6 Å². The zero-order valence-electron chi connectivity index (χ0n) is 15.5. The molecule has 1 amide bonds. The molecule has 3 rings (SSSR count). The molecule has 28 heavy (non-hydrogen) atoms. The molecule has 1 aromatic heterocycles. The van der Waals surface area contributed by atoms with Gasteiger partial charge in [0.15, 0.2) is 0 Å². The van der Waals surface area contributed by atoms with Crippen molar-refractivity contribution >= 4 is 5.91 Å². The van der Waals surface area contributed by atoms with E-state index in [4.69, 9.17) is 17.3 Å². The van der Waals surface area contributed by atoms with Crippen LogP contribution < -0.4 is 17.3 Å². The maximum atomic E-state index is 14.4. The average Bonchev–Trinajstić information content (AvgIpc) is 2.64. The van der Waals surface area contributed by atoms with Crippen LogP contribution in [0.1, 0.15) is 21.7 Å². The molecule has 148 valence electrons. The predicted octanol–water partition coefficient (Wildman–Crippen LogP) is 1.09. The fourth-order valence-corrected chi connectivity index (χ4v) is 3.32. The highest BCUT2D eigenvalue weighted by Crippen LogP contribution is 2.32. The molecule has 7 nitrogen and oxygen atoms in total. The molecule has 1 aliphatic rings. The van der Waals surface area contributed by atoms with Gasteiger partial charge >= 0.3 is 0 Å². The van der Waals surface area contributed by atoms with Crippen molar-refractivity contribution in [2.24, 2.45) is 17.3 Å². The van der Waals surface area contributed by atoms with Crippen LogP contribution >= 0.6 is 0 Å². The van der Waals surface area contributed by atoms with Gasteiger partial charge in [0.25, 0.3) is 5.91 Å². The summed E-state index contributed by atoms with van der Waals surface area (Å²) in [7, 11) is 1.69. The number of nitrogens with zero attached hydrogens (tertiary/aromatic N) is 3. The number of carbonyl (C=O) groups is 1. The van der Waals surface area contributed by atoms with Crippen molar-refractivity contribution in [2.45, 2.75) is 13.0 Å². The number of halogens is 2. The number of hydrazine groups is 1. The molecule has 0 spiro atoms. The molecule has 6 N–H and O–H groups in total. The smallest absolute Gasteiger partial charge is 0.267 e. The zero-order valence-corrected chi connectivity index (χ0v) is 15.5. The van der Waals surface area contributed by atoms with E-state index in [9.17, 15) is 13.6 Å². The largest absolute Gasteiger partial charge is 0.403 e. The van der Waals surface area contributed by atoms with Crippen molar-refractivity contribution in [3.63, 3.8) is 0 Å². The van der Waals surface area contributed by atoms with E-state index in [1.807, 2.05) is 0 Å². The molecule has 0 fully saturated rings. The maximum absolute atomic E-state index is 14.4. The summed E-state index contributed by atoms with van der Waals surface area (Å²) in [5.74, 6) is 3.67. The number of benzene rings is 1. The van der Waals surface area contributed by atoms with E-state index in [1.54, 1.807) is 7.05 Å². The van der Waals surface area contributed by atoms with Crippen molar-refractivity contribution in [1.29, 1.82) is 0 Å². The predicted molar refractivity (Wildman–Crippen MR) is 101 cm³/mol. The number of primary amides is 1. The second kappa shape index (κ2) is 7.91. The van der Waals surface area contributed by atoms with Crippen LogP contribution in [-0.2, 0) is 13.0 Å². The summed E-state index contributed by atoms with van der Waals surface area (Å²) in [6.07, 6.45) is 2.00. The normalized spacial score (nSPS) is 14.6. The molecule has 1 aromatic carbocycles. The molecular weight excluding hydrogens is 366 g/mol. The van der Waals surface area contributed by atoms with Crippen molar-refractivity contribution < 1.29 is 13.6 Å². The van der Waals surface area contributed by atoms with Crippen LogP contribution in [0.2, 0.25) is 0 Å². The lowest BCUT2D eigenvalue weighted by atomic mass is 9.92. The lowest BCUT2D eigenvalue weighted by Gasteiger charge is -2.31. The number of pyridine rings is 1.